The summed E-state index contributed by atoms with van der Waals surface area (Å²) in [5.41, 5.74) is 4.47. The summed E-state index contributed by atoms with van der Waals surface area (Å²) >= 11 is 0. The van der Waals surface area contributed by atoms with Gasteiger partial charge in [-0.1, -0.05) is 6.07 Å². The highest BCUT2D eigenvalue weighted by Gasteiger charge is 2.18. The van der Waals surface area contributed by atoms with Gasteiger partial charge in [-0.25, -0.2) is 14.3 Å². The lowest BCUT2D eigenvalue weighted by Crippen LogP contribution is -2.27. The molecule has 3 aromatic rings. The molecule has 0 spiro atoms. The number of ether oxygens (including phenoxy) is 1. The molecule has 0 aliphatic carbocycles. The summed E-state index contributed by atoms with van der Waals surface area (Å²) in [7, 11) is 3.39. The second kappa shape index (κ2) is 7.78. The van der Waals surface area contributed by atoms with E-state index in [1.807, 2.05) is 52.8 Å². The first kappa shape index (κ1) is 21.3. The van der Waals surface area contributed by atoms with Gasteiger partial charge in [0.05, 0.1) is 5.69 Å². The van der Waals surface area contributed by atoms with Crippen molar-refractivity contribution in [1.29, 1.82) is 0 Å². The number of carbonyl (C=O) groups is 2. The van der Waals surface area contributed by atoms with Crippen LogP contribution in [0.3, 0.4) is 0 Å². The van der Waals surface area contributed by atoms with Crippen LogP contribution in [0.15, 0.2) is 30.3 Å². The number of anilines is 1. The Morgan fingerprint density at radius 3 is 2.40 bits per heavy atom. The maximum atomic E-state index is 12.3. The molecule has 158 valence electrons. The summed E-state index contributed by atoms with van der Waals surface area (Å²) < 4.78 is 7.01. The van der Waals surface area contributed by atoms with E-state index in [0.717, 1.165) is 22.5 Å². The van der Waals surface area contributed by atoms with Crippen LogP contribution in [-0.4, -0.2) is 51.2 Å². The SMILES string of the molecule is Cc1cc(NC(=O)OC(C)(C)C)ccc1-c1cc2nc(C(=O)N(C)C)cc(C)n2n1. The Bertz CT molecular complexity index is 1130. The summed E-state index contributed by atoms with van der Waals surface area (Å²) in [6, 6.07) is 9.14. The number of benzene rings is 1. The van der Waals surface area contributed by atoms with Gasteiger partial charge in [0.15, 0.2) is 5.65 Å². The van der Waals surface area contributed by atoms with E-state index in [2.05, 4.69) is 15.4 Å². The molecule has 0 saturated heterocycles. The Morgan fingerprint density at radius 1 is 1.10 bits per heavy atom. The van der Waals surface area contributed by atoms with Gasteiger partial charge in [0, 0.05) is 37.1 Å². The van der Waals surface area contributed by atoms with E-state index in [9.17, 15) is 9.59 Å². The maximum absolute atomic E-state index is 12.3. The van der Waals surface area contributed by atoms with Gasteiger partial charge < -0.3 is 9.64 Å². The molecule has 0 fully saturated rings. The Labute approximate surface area is 175 Å². The zero-order valence-electron chi connectivity index (χ0n) is 18.4. The van der Waals surface area contributed by atoms with E-state index in [-0.39, 0.29) is 5.91 Å². The zero-order chi connectivity index (χ0) is 22.2. The van der Waals surface area contributed by atoms with E-state index >= 15 is 0 Å². The van der Waals surface area contributed by atoms with Gasteiger partial charge in [-0.15, -0.1) is 0 Å². The summed E-state index contributed by atoms with van der Waals surface area (Å²) in [5.74, 6) is -0.155. The van der Waals surface area contributed by atoms with Crippen LogP contribution < -0.4 is 5.32 Å². The molecule has 1 aromatic carbocycles. The number of amides is 2. The van der Waals surface area contributed by atoms with Crippen LogP contribution in [0.25, 0.3) is 16.9 Å². The molecule has 2 aromatic heterocycles. The summed E-state index contributed by atoms with van der Waals surface area (Å²) in [5, 5.41) is 7.39. The molecular formula is C22H27N5O3. The Balaban J connectivity index is 1.91. The fraction of sp³-hybridized carbons (Fsp3) is 0.364. The topological polar surface area (TPSA) is 88.8 Å². The van der Waals surface area contributed by atoms with Crippen LogP contribution in [0.5, 0.6) is 0 Å². The molecule has 0 saturated carbocycles. The van der Waals surface area contributed by atoms with E-state index in [4.69, 9.17) is 4.74 Å². The van der Waals surface area contributed by atoms with Crippen molar-refractivity contribution in [2.75, 3.05) is 19.4 Å². The first-order valence-corrected chi connectivity index (χ1v) is 9.65. The molecule has 8 nitrogen and oxygen atoms in total. The lowest BCUT2D eigenvalue weighted by Gasteiger charge is -2.19. The average Bonchev–Trinajstić information content (AvgIpc) is 3.03. The van der Waals surface area contributed by atoms with Crippen molar-refractivity contribution in [3.63, 3.8) is 0 Å². The van der Waals surface area contributed by atoms with Gasteiger partial charge in [0.2, 0.25) is 0 Å². The van der Waals surface area contributed by atoms with Crippen LogP contribution in [0.4, 0.5) is 10.5 Å². The Morgan fingerprint density at radius 2 is 1.80 bits per heavy atom. The van der Waals surface area contributed by atoms with Gasteiger partial charge in [0.1, 0.15) is 11.3 Å². The van der Waals surface area contributed by atoms with Gasteiger partial charge >= 0.3 is 6.09 Å². The molecule has 1 N–H and O–H groups in total. The van der Waals surface area contributed by atoms with Crippen LogP contribution in [-0.2, 0) is 4.74 Å². The van der Waals surface area contributed by atoms with Crippen molar-refractivity contribution in [1.82, 2.24) is 19.5 Å². The smallest absolute Gasteiger partial charge is 0.412 e. The lowest BCUT2D eigenvalue weighted by atomic mass is 10.1. The monoisotopic (exact) mass is 409 g/mol. The number of hydrogen-bond acceptors (Lipinski definition) is 5. The molecule has 0 atom stereocenters. The molecule has 0 aliphatic rings. The van der Waals surface area contributed by atoms with Crippen molar-refractivity contribution in [3.8, 4) is 11.3 Å². The molecular weight excluding hydrogens is 382 g/mol. The Kier molecular flexibility index (Phi) is 5.52. The van der Waals surface area contributed by atoms with Crippen molar-refractivity contribution >= 4 is 23.3 Å². The van der Waals surface area contributed by atoms with E-state index in [1.165, 1.54) is 4.90 Å². The molecule has 0 unspecified atom stereocenters. The molecule has 2 amide bonds. The highest BCUT2D eigenvalue weighted by Crippen LogP contribution is 2.26. The van der Waals surface area contributed by atoms with Crippen molar-refractivity contribution in [3.05, 3.63) is 47.3 Å². The zero-order valence-corrected chi connectivity index (χ0v) is 18.4. The van der Waals surface area contributed by atoms with Crippen molar-refractivity contribution in [2.45, 2.75) is 40.2 Å². The number of carbonyl (C=O) groups excluding carboxylic acids is 2. The second-order valence-corrected chi connectivity index (χ2v) is 8.44. The molecule has 0 bridgehead atoms. The molecule has 0 radical (unpaired) electrons. The minimum Gasteiger partial charge on any atom is -0.444 e. The summed E-state index contributed by atoms with van der Waals surface area (Å²) in [6.45, 7) is 9.28. The number of fused-ring (bicyclic) bond motifs is 1. The number of nitrogens with one attached hydrogen (secondary N) is 1. The van der Waals surface area contributed by atoms with Gasteiger partial charge in [-0.05, 0) is 58.4 Å². The maximum Gasteiger partial charge on any atom is 0.412 e. The van der Waals surface area contributed by atoms with Crippen LogP contribution in [0, 0.1) is 13.8 Å². The van der Waals surface area contributed by atoms with Crippen molar-refractivity contribution in [2.24, 2.45) is 0 Å². The summed E-state index contributed by atoms with van der Waals surface area (Å²) in [4.78, 5) is 30.2. The van der Waals surface area contributed by atoms with Gasteiger partial charge in [0.25, 0.3) is 5.91 Å². The van der Waals surface area contributed by atoms with Crippen LogP contribution in [0.2, 0.25) is 0 Å². The number of aromatic nitrogens is 3. The van der Waals surface area contributed by atoms with Crippen LogP contribution >= 0.6 is 0 Å². The largest absolute Gasteiger partial charge is 0.444 e. The molecule has 2 heterocycles. The third-order valence-electron chi connectivity index (χ3n) is 4.38. The fourth-order valence-corrected chi connectivity index (χ4v) is 3.05. The first-order valence-electron chi connectivity index (χ1n) is 9.65. The molecule has 30 heavy (non-hydrogen) atoms. The highest BCUT2D eigenvalue weighted by molar-refractivity contribution is 5.92. The average molecular weight is 409 g/mol. The number of nitrogens with zero attached hydrogens (tertiary/aromatic N) is 4. The lowest BCUT2D eigenvalue weighted by molar-refractivity contribution is 0.0635. The van der Waals surface area contributed by atoms with Crippen molar-refractivity contribution < 1.29 is 14.3 Å². The quantitative estimate of drug-likeness (QED) is 0.705. The van der Waals surface area contributed by atoms with E-state index < -0.39 is 11.7 Å². The molecule has 3 rings (SSSR count). The molecule has 0 aliphatic heterocycles. The second-order valence-electron chi connectivity index (χ2n) is 8.44. The number of aryl methyl sites for hydroxylation is 2. The molecule has 8 heteroatoms. The fourth-order valence-electron chi connectivity index (χ4n) is 3.05. The summed E-state index contributed by atoms with van der Waals surface area (Å²) in [6.07, 6.45) is -0.500. The van der Waals surface area contributed by atoms with E-state index in [0.29, 0.717) is 17.0 Å². The Hall–Kier alpha value is -3.42. The predicted molar refractivity (Wildman–Crippen MR) is 116 cm³/mol. The highest BCUT2D eigenvalue weighted by atomic mass is 16.6. The third-order valence-corrected chi connectivity index (χ3v) is 4.38. The number of hydrogen-bond donors (Lipinski definition) is 1. The number of rotatable bonds is 3. The van der Waals surface area contributed by atoms with Gasteiger partial charge in [-0.3, -0.25) is 10.1 Å². The van der Waals surface area contributed by atoms with Crippen LogP contribution in [0.1, 0.15) is 42.5 Å². The normalized spacial score (nSPS) is 11.4. The first-order chi connectivity index (χ1) is 13.9. The third kappa shape index (κ3) is 4.59. The minimum absolute atomic E-state index is 0.155. The predicted octanol–water partition coefficient (Wildman–Crippen LogP) is 4.06. The van der Waals surface area contributed by atoms with Gasteiger partial charge in [-0.2, -0.15) is 5.10 Å². The minimum atomic E-state index is -0.562. The standard InChI is InChI=1S/C22H27N5O3/c1-13-10-15(23-21(29)30-22(3,4)5)8-9-16(13)17-12-19-24-18(20(28)26(6)7)11-14(2)27(19)25-17/h8-12H,1-7H3,(H,23,29). The van der Waals surface area contributed by atoms with E-state index in [1.54, 1.807) is 30.7 Å².